The Hall–Kier alpha value is -1.33. The van der Waals surface area contributed by atoms with Gasteiger partial charge in [0.05, 0.1) is 10.0 Å². The normalized spacial score (nSPS) is 11.7. The van der Waals surface area contributed by atoms with Crippen molar-refractivity contribution in [2.24, 2.45) is 0 Å². The number of hydrogen-bond acceptors (Lipinski definition) is 3. The van der Waals surface area contributed by atoms with E-state index in [9.17, 15) is 0 Å². The Bertz CT molecular complexity index is 714. The molecule has 0 bridgehead atoms. The summed E-state index contributed by atoms with van der Waals surface area (Å²) >= 11 is 23.4. The first-order chi connectivity index (χ1) is 10.9. The van der Waals surface area contributed by atoms with Gasteiger partial charge in [0, 0.05) is 28.6 Å². The van der Waals surface area contributed by atoms with Gasteiger partial charge < -0.3 is 10.1 Å². The predicted octanol–water partition coefficient (Wildman–Crippen LogP) is 5.40. The second kappa shape index (κ2) is 7.97. The van der Waals surface area contributed by atoms with Gasteiger partial charge >= 0.3 is 0 Å². The van der Waals surface area contributed by atoms with Gasteiger partial charge in [-0.2, -0.15) is 0 Å². The summed E-state index contributed by atoms with van der Waals surface area (Å²) in [5.74, 6) is 0.340. The van der Waals surface area contributed by atoms with Crippen LogP contribution in [0.4, 0.5) is 0 Å². The minimum atomic E-state index is -0.466. The first-order valence-electron chi connectivity index (χ1n) is 6.60. The first-order valence-corrected chi connectivity index (χ1v) is 8.14. The fraction of sp³-hybridized carbons (Fsp3) is 0.125. The quantitative estimate of drug-likeness (QED) is 0.423. The molecule has 0 aliphatic rings. The van der Waals surface area contributed by atoms with Crippen molar-refractivity contribution in [3.8, 4) is 5.75 Å². The number of pyridine rings is 1. The number of halogens is 3. The number of nitrogens with one attached hydrogen (secondary N) is 1. The highest BCUT2D eigenvalue weighted by atomic mass is 35.5. The zero-order chi connectivity index (χ0) is 17.0. The molecule has 1 N–H and O–H groups in total. The third-order valence-corrected chi connectivity index (χ3v) is 4.02. The molecule has 0 saturated carbocycles. The standard InChI is InChI=1S/C16H13Cl3N2OS/c1-9(11-4-3-5-20-8-11)16(23)21-10(2)22-15-13(18)6-12(17)7-14(15)19/h3-8,10H,1H2,2H3,(H,21,23). The summed E-state index contributed by atoms with van der Waals surface area (Å²) < 4.78 is 5.71. The fourth-order valence-electron chi connectivity index (χ4n) is 1.79. The highest BCUT2D eigenvalue weighted by Crippen LogP contribution is 2.36. The van der Waals surface area contributed by atoms with Crippen LogP contribution in [0.5, 0.6) is 5.75 Å². The van der Waals surface area contributed by atoms with Crippen molar-refractivity contribution >= 4 is 57.6 Å². The van der Waals surface area contributed by atoms with E-state index >= 15 is 0 Å². The Morgan fingerprint density at radius 1 is 1.30 bits per heavy atom. The second-order valence-corrected chi connectivity index (χ2v) is 6.31. The summed E-state index contributed by atoms with van der Waals surface area (Å²) in [5, 5.41) is 4.12. The minimum absolute atomic E-state index is 0.327. The van der Waals surface area contributed by atoms with Gasteiger partial charge in [-0.25, -0.2) is 0 Å². The Labute approximate surface area is 155 Å². The topological polar surface area (TPSA) is 34.1 Å². The molecule has 2 aromatic rings. The van der Waals surface area contributed by atoms with Gasteiger partial charge in [-0.15, -0.1) is 0 Å². The Morgan fingerprint density at radius 2 is 1.96 bits per heavy atom. The Morgan fingerprint density at radius 3 is 2.52 bits per heavy atom. The average Bonchev–Trinajstić information content (AvgIpc) is 2.51. The number of thiocarbonyl (C=S) groups is 1. The lowest BCUT2D eigenvalue weighted by atomic mass is 10.1. The number of ether oxygens (including phenoxy) is 1. The molecule has 0 radical (unpaired) electrons. The fourth-order valence-corrected chi connectivity index (χ4v) is 2.98. The van der Waals surface area contributed by atoms with E-state index in [4.69, 9.17) is 51.8 Å². The first kappa shape index (κ1) is 18.0. The van der Waals surface area contributed by atoms with Crippen molar-refractivity contribution in [3.05, 3.63) is 63.9 Å². The van der Waals surface area contributed by atoms with E-state index in [0.29, 0.717) is 31.4 Å². The summed E-state index contributed by atoms with van der Waals surface area (Å²) in [6.07, 6.45) is 2.91. The van der Waals surface area contributed by atoms with Crippen LogP contribution >= 0.6 is 47.0 Å². The van der Waals surface area contributed by atoms with E-state index in [1.165, 1.54) is 0 Å². The van der Waals surface area contributed by atoms with E-state index in [1.54, 1.807) is 31.5 Å². The smallest absolute Gasteiger partial charge is 0.167 e. The van der Waals surface area contributed by atoms with E-state index in [1.807, 2.05) is 12.1 Å². The second-order valence-electron chi connectivity index (χ2n) is 4.65. The van der Waals surface area contributed by atoms with Crippen molar-refractivity contribution in [2.45, 2.75) is 13.2 Å². The van der Waals surface area contributed by atoms with Crippen LogP contribution < -0.4 is 10.1 Å². The molecule has 0 amide bonds. The minimum Gasteiger partial charge on any atom is -0.468 e. The van der Waals surface area contributed by atoms with Gasteiger partial charge in [0.25, 0.3) is 0 Å². The van der Waals surface area contributed by atoms with Crippen molar-refractivity contribution in [3.63, 3.8) is 0 Å². The van der Waals surface area contributed by atoms with E-state index < -0.39 is 6.23 Å². The third kappa shape index (κ3) is 4.82. The van der Waals surface area contributed by atoms with Gasteiger partial charge in [-0.1, -0.05) is 59.7 Å². The molecule has 0 spiro atoms. The van der Waals surface area contributed by atoms with Gasteiger partial charge in [0.2, 0.25) is 0 Å². The molecular weight excluding hydrogens is 375 g/mol. The highest BCUT2D eigenvalue weighted by Gasteiger charge is 2.15. The Kier molecular flexibility index (Phi) is 6.25. The average molecular weight is 388 g/mol. The van der Waals surface area contributed by atoms with Crippen LogP contribution in [0.25, 0.3) is 5.57 Å². The molecule has 120 valence electrons. The number of rotatable bonds is 5. The van der Waals surface area contributed by atoms with Crippen molar-refractivity contribution in [2.75, 3.05) is 0 Å². The molecule has 0 saturated heterocycles. The van der Waals surface area contributed by atoms with Crippen LogP contribution in [-0.2, 0) is 0 Å². The zero-order valence-electron chi connectivity index (χ0n) is 12.1. The molecule has 0 fully saturated rings. The number of nitrogens with zero attached hydrogens (tertiary/aromatic N) is 1. The largest absolute Gasteiger partial charge is 0.468 e. The Balaban J connectivity index is 2.04. The lowest BCUT2D eigenvalue weighted by Crippen LogP contribution is -2.36. The number of aromatic nitrogens is 1. The lowest BCUT2D eigenvalue weighted by molar-refractivity contribution is 0.209. The van der Waals surface area contributed by atoms with E-state index in [-0.39, 0.29) is 0 Å². The van der Waals surface area contributed by atoms with Crippen molar-refractivity contribution < 1.29 is 4.74 Å². The molecule has 3 nitrogen and oxygen atoms in total. The van der Waals surface area contributed by atoms with Crippen LogP contribution in [0.1, 0.15) is 12.5 Å². The van der Waals surface area contributed by atoms with Crippen LogP contribution in [-0.4, -0.2) is 16.2 Å². The van der Waals surface area contributed by atoms with Gasteiger partial charge in [-0.05, 0) is 25.1 Å². The SMILES string of the molecule is C=C(C(=S)NC(C)Oc1c(Cl)cc(Cl)cc1Cl)c1cccnc1. The summed E-state index contributed by atoms with van der Waals surface area (Å²) in [6, 6.07) is 6.81. The maximum absolute atomic E-state index is 6.09. The van der Waals surface area contributed by atoms with Gasteiger partial charge in [0.1, 0.15) is 4.99 Å². The van der Waals surface area contributed by atoms with Crippen LogP contribution in [0.2, 0.25) is 15.1 Å². The highest BCUT2D eigenvalue weighted by molar-refractivity contribution is 7.81. The van der Waals surface area contributed by atoms with E-state index in [2.05, 4.69) is 16.9 Å². The zero-order valence-corrected chi connectivity index (χ0v) is 15.2. The van der Waals surface area contributed by atoms with Gasteiger partial charge in [-0.3, -0.25) is 4.98 Å². The van der Waals surface area contributed by atoms with Crippen LogP contribution in [0, 0.1) is 0 Å². The van der Waals surface area contributed by atoms with Gasteiger partial charge in [0.15, 0.2) is 12.0 Å². The van der Waals surface area contributed by atoms with Crippen molar-refractivity contribution in [1.29, 1.82) is 0 Å². The molecular formula is C16H13Cl3N2OS. The van der Waals surface area contributed by atoms with Crippen LogP contribution in [0.3, 0.4) is 0 Å². The summed E-state index contributed by atoms with van der Waals surface area (Å²) in [4.78, 5) is 4.49. The summed E-state index contributed by atoms with van der Waals surface area (Å²) in [7, 11) is 0. The van der Waals surface area contributed by atoms with Crippen LogP contribution in [0.15, 0.2) is 43.2 Å². The lowest BCUT2D eigenvalue weighted by Gasteiger charge is -2.20. The molecule has 0 aliphatic heterocycles. The predicted molar refractivity (Wildman–Crippen MR) is 101 cm³/mol. The molecule has 23 heavy (non-hydrogen) atoms. The maximum atomic E-state index is 6.09. The number of hydrogen-bond donors (Lipinski definition) is 1. The molecule has 1 unspecified atom stereocenters. The molecule has 0 aliphatic carbocycles. The summed E-state index contributed by atoms with van der Waals surface area (Å²) in [6.45, 7) is 5.74. The third-order valence-electron chi connectivity index (χ3n) is 2.88. The molecule has 1 aromatic carbocycles. The molecule has 1 atom stereocenters. The summed E-state index contributed by atoms with van der Waals surface area (Å²) in [5.41, 5.74) is 1.48. The maximum Gasteiger partial charge on any atom is 0.167 e. The van der Waals surface area contributed by atoms with E-state index in [0.717, 1.165) is 5.56 Å². The monoisotopic (exact) mass is 386 g/mol. The van der Waals surface area contributed by atoms with Crippen molar-refractivity contribution in [1.82, 2.24) is 10.3 Å². The molecule has 7 heteroatoms. The molecule has 1 aromatic heterocycles. The molecule has 2 rings (SSSR count). The molecule has 1 heterocycles. The number of benzene rings is 1.